The standard InChI is InChI=1S/C58H35N3O2S/c62-64(63)54-23-11-8-19-45(54)46-30-31-50-55(56(46)64)47-20-7-10-22-49(47)58(50)48-21-9-6-18-43(48)41-16-4-5-17-42(41)44-29-28-39(33-51(44)58)57-60-52(37-13-2-1-3-14-37)34-53(61-57)38-26-24-36(25-27-38)40-15-12-32-59-35-40/h1-35H. The Hall–Kier alpha value is -8.06. The van der Waals surface area contributed by atoms with Gasteiger partial charge in [-0.3, -0.25) is 4.98 Å². The zero-order chi connectivity index (χ0) is 42.6. The summed E-state index contributed by atoms with van der Waals surface area (Å²) in [5, 5.41) is 0. The van der Waals surface area contributed by atoms with Crippen molar-refractivity contribution in [3.8, 4) is 89.5 Å². The molecule has 2 aliphatic carbocycles. The third-order valence-electron chi connectivity index (χ3n) is 13.4. The Labute approximate surface area is 371 Å². The van der Waals surface area contributed by atoms with Gasteiger partial charge in [0.05, 0.1) is 26.6 Å². The molecule has 13 rings (SSSR count). The van der Waals surface area contributed by atoms with Crippen LogP contribution in [0.3, 0.4) is 0 Å². The lowest BCUT2D eigenvalue weighted by Gasteiger charge is -2.35. The molecular weight excluding hydrogens is 803 g/mol. The highest BCUT2D eigenvalue weighted by molar-refractivity contribution is 7.92. The van der Waals surface area contributed by atoms with Crippen LogP contribution in [0.25, 0.3) is 89.5 Å². The second-order valence-corrected chi connectivity index (χ2v) is 18.5. The monoisotopic (exact) mass is 837 g/mol. The summed E-state index contributed by atoms with van der Waals surface area (Å²) >= 11 is 0. The Morgan fingerprint density at radius 3 is 1.64 bits per heavy atom. The van der Waals surface area contributed by atoms with E-state index in [0.29, 0.717) is 15.6 Å². The number of rotatable bonds is 4. The lowest BCUT2D eigenvalue weighted by Crippen LogP contribution is -2.29. The van der Waals surface area contributed by atoms with Gasteiger partial charge >= 0.3 is 0 Å². The Morgan fingerprint density at radius 1 is 0.375 bits per heavy atom. The van der Waals surface area contributed by atoms with Gasteiger partial charge in [-0.15, -0.1) is 0 Å². The first-order valence-corrected chi connectivity index (χ1v) is 22.9. The van der Waals surface area contributed by atoms with E-state index in [0.717, 1.165) is 106 Å². The van der Waals surface area contributed by atoms with E-state index in [-0.39, 0.29) is 0 Å². The van der Waals surface area contributed by atoms with Crippen LogP contribution in [-0.2, 0) is 15.3 Å². The van der Waals surface area contributed by atoms with E-state index >= 15 is 0 Å². The van der Waals surface area contributed by atoms with Crippen LogP contribution >= 0.6 is 0 Å². The van der Waals surface area contributed by atoms with Crippen molar-refractivity contribution in [3.63, 3.8) is 0 Å². The van der Waals surface area contributed by atoms with Crippen LogP contribution in [0.2, 0.25) is 0 Å². The van der Waals surface area contributed by atoms with Crippen molar-refractivity contribution in [1.82, 2.24) is 15.0 Å². The fourth-order valence-corrected chi connectivity index (χ4v) is 12.6. The quantitative estimate of drug-likeness (QED) is 0.177. The molecule has 0 amide bonds. The smallest absolute Gasteiger partial charge is 0.208 e. The zero-order valence-corrected chi connectivity index (χ0v) is 35.1. The summed E-state index contributed by atoms with van der Waals surface area (Å²) in [6.07, 6.45) is 3.66. The molecule has 1 atom stereocenters. The second kappa shape index (κ2) is 13.7. The van der Waals surface area contributed by atoms with Gasteiger partial charge in [-0.2, -0.15) is 0 Å². The van der Waals surface area contributed by atoms with Crippen molar-refractivity contribution in [2.24, 2.45) is 0 Å². The predicted octanol–water partition coefficient (Wildman–Crippen LogP) is 13.4. The molecule has 1 unspecified atom stereocenters. The van der Waals surface area contributed by atoms with Gasteiger partial charge in [0.15, 0.2) is 5.82 Å². The number of benzene rings is 8. The van der Waals surface area contributed by atoms with E-state index in [1.165, 1.54) is 0 Å². The Kier molecular flexibility index (Phi) is 7.84. The maximum atomic E-state index is 14.9. The van der Waals surface area contributed by atoms with Crippen LogP contribution in [0.4, 0.5) is 0 Å². The van der Waals surface area contributed by atoms with Crippen LogP contribution < -0.4 is 0 Å². The summed E-state index contributed by atoms with van der Waals surface area (Å²) in [5.74, 6) is 0.593. The van der Waals surface area contributed by atoms with Crippen molar-refractivity contribution in [2.75, 3.05) is 0 Å². The van der Waals surface area contributed by atoms with Gasteiger partial charge in [0.1, 0.15) is 0 Å². The first kappa shape index (κ1) is 36.6. The molecule has 6 heteroatoms. The molecule has 0 N–H and O–H groups in total. The number of hydrogen-bond acceptors (Lipinski definition) is 5. The van der Waals surface area contributed by atoms with Gasteiger partial charge in [0, 0.05) is 45.8 Å². The van der Waals surface area contributed by atoms with Crippen LogP contribution in [-0.4, -0.2) is 23.4 Å². The van der Waals surface area contributed by atoms with Gasteiger partial charge in [-0.1, -0.05) is 176 Å². The predicted molar refractivity (Wildman–Crippen MR) is 254 cm³/mol. The van der Waals surface area contributed by atoms with Crippen molar-refractivity contribution in [2.45, 2.75) is 15.2 Å². The summed E-state index contributed by atoms with van der Waals surface area (Å²) in [4.78, 5) is 15.7. The highest BCUT2D eigenvalue weighted by Gasteiger charge is 2.52. The van der Waals surface area contributed by atoms with Gasteiger partial charge in [-0.05, 0) is 85.5 Å². The van der Waals surface area contributed by atoms with Gasteiger partial charge in [0.2, 0.25) is 9.84 Å². The molecular formula is C58H35N3O2S. The maximum Gasteiger partial charge on any atom is 0.208 e. The molecule has 3 aliphatic rings. The Bertz CT molecular complexity index is 3680. The summed E-state index contributed by atoms with van der Waals surface area (Å²) in [6, 6.07) is 68.7. The Morgan fingerprint density at radius 2 is 0.922 bits per heavy atom. The summed E-state index contributed by atoms with van der Waals surface area (Å²) < 4.78 is 29.7. The average Bonchev–Trinajstić information content (AvgIpc) is 3.75. The molecule has 0 bridgehead atoms. The molecule has 5 nitrogen and oxygen atoms in total. The fourth-order valence-electron chi connectivity index (χ4n) is 10.7. The number of hydrogen-bond donors (Lipinski definition) is 0. The van der Waals surface area contributed by atoms with Gasteiger partial charge in [0.25, 0.3) is 0 Å². The average molecular weight is 838 g/mol. The minimum absolute atomic E-state index is 0.353. The summed E-state index contributed by atoms with van der Waals surface area (Å²) in [6.45, 7) is 0. The normalized spacial score (nSPS) is 15.5. The summed E-state index contributed by atoms with van der Waals surface area (Å²) in [7, 11) is -3.86. The van der Waals surface area contributed by atoms with Crippen molar-refractivity contribution in [1.29, 1.82) is 0 Å². The van der Waals surface area contributed by atoms with E-state index < -0.39 is 15.3 Å². The topological polar surface area (TPSA) is 72.8 Å². The molecule has 300 valence electrons. The lowest BCUT2D eigenvalue weighted by atomic mass is 9.65. The first-order valence-electron chi connectivity index (χ1n) is 21.4. The molecule has 3 heterocycles. The Balaban J connectivity index is 1.10. The second-order valence-electron chi connectivity index (χ2n) is 16.7. The third kappa shape index (κ3) is 5.11. The molecule has 0 radical (unpaired) electrons. The third-order valence-corrected chi connectivity index (χ3v) is 15.3. The van der Waals surface area contributed by atoms with Crippen molar-refractivity contribution in [3.05, 3.63) is 235 Å². The van der Waals surface area contributed by atoms with E-state index in [1.807, 2.05) is 60.8 Å². The summed E-state index contributed by atoms with van der Waals surface area (Å²) in [5.41, 5.74) is 17.3. The number of fused-ring (bicyclic) bond motifs is 16. The van der Waals surface area contributed by atoms with E-state index in [2.05, 4.69) is 145 Å². The van der Waals surface area contributed by atoms with Crippen molar-refractivity contribution >= 4 is 9.84 Å². The van der Waals surface area contributed by atoms with Crippen molar-refractivity contribution < 1.29 is 8.42 Å². The lowest BCUT2D eigenvalue weighted by molar-refractivity contribution is 0.599. The minimum Gasteiger partial charge on any atom is -0.264 e. The fraction of sp³-hybridized carbons (Fsp3) is 0.0172. The first-order chi connectivity index (χ1) is 31.5. The van der Waals surface area contributed by atoms with Crippen LogP contribution in [0.1, 0.15) is 22.3 Å². The van der Waals surface area contributed by atoms with Gasteiger partial charge < -0.3 is 0 Å². The molecule has 64 heavy (non-hydrogen) atoms. The van der Waals surface area contributed by atoms with E-state index in [1.54, 1.807) is 12.3 Å². The molecule has 2 aromatic heterocycles. The van der Waals surface area contributed by atoms with Crippen LogP contribution in [0, 0.1) is 0 Å². The SMILES string of the molecule is O=S1(=O)c2ccccc2-c2ccc3c(c21)-c1ccccc1C31c2ccccc2-c2ccccc2-c2ccc(-c3nc(-c4ccccc4)cc(-c4ccc(-c5cccnc5)cc4)n3)cc21. The number of aromatic nitrogens is 3. The molecule has 1 spiro atoms. The maximum absolute atomic E-state index is 14.9. The molecule has 8 aromatic carbocycles. The highest BCUT2D eigenvalue weighted by atomic mass is 32.2. The molecule has 1 aliphatic heterocycles. The van der Waals surface area contributed by atoms with Crippen LogP contribution in [0.15, 0.2) is 222 Å². The molecule has 0 fully saturated rings. The number of nitrogens with zero attached hydrogens (tertiary/aromatic N) is 3. The molecule has 0 saturated carbocycles. The minimum atomic E-state index is -3.86. The number of pyridine rings is 1. The highest BCUT2D eigenvalue weighted by Crippen LogP contribution is 2.64. The molecule has 10 aromatic rings. The number of sulfone groups is 1. The largest absolute Gasteiger partial charge is 0.264 e. The van der Waals surface area contributed by atoms with Gasteiger partial charge in [-0.25, -0.2) is 18.4 Å². The van der Waals surface area contributed by atoms with E-state index in [4.69, 9.17) is 9.97 Å². The van der Waals surface area contributed by atoms with E-state index in [9.17, 15) is 8.42 Å². The zero-order valence-electron chi connectivity index (χ0n) is 34.3. The van der Waals surface area contributed by atoms with Crippen LogP contribution in [0.5, 0.6) is 0 Å². The molecule has 0 saturated heterocycles.